The number of hydrogen-bond donors (Lipinski definition) is 2. The molecule has 2 N–H and O–H groups in total. The number of halogens is 2. The van der Waals surface area contributed by atoms with Crippen molar-refractivity contribution in [2.75, 3.05) is 55.6 Å². The second-order valence-electron chi connectivity index (χ2n) is 9.33. The van der Waals surface area contributed by atoms with Crippen LogP contribution in [-0.2, 0) is 14.3 Å². The number of carbonyl (C=O) groups excluding carboxylic acids is 4. The molecule has 5 rings (SSSR count). The van der Waals surface area contributed by atoms with Crippen LogP contribution in [0.3, 0.4) is 0 Å². The van der Waals surface area contributed by atoms with Crippen LogP contribution in [0.1, 0.15) is 17.4 Å². The molecule has 2 saturated heterocycles. The molecule has 2 aliphatic rings. The molecule has 0 saturated carbocycles. The minimum Gasteiger partial charge on any atom is -0.442 e. The van der Waals surface area contributed by atoms with Crippen molar-refractivity contribution in [1.82, 2.24) is 29.9 Å². The number of piperazine rings is 1. The fourth-order valence-electron chi connectivity index (χ4n) is 4.60. The Morgan fingerprint density at radius 1 is 1.10 bits per heavy atom. The predicted octanol–water partition coefficient (Wildman–Crippen LogP) is 0.547. The summed E-state index contributed by atoms with van der Waals surface area (Å²) in [6.45, 7) is 1.91. The SMILES string of the molecule is CC(=O)NC[C@H]1CN(c2cc(F)c(N3CCN(C(=O)CNC(=O)c4cn5ccncc5n4)CC3)c(F)c2)C(=O)O1. The van der Waals surface area contributed by atoms with E-state index in [1.54, 1.807) is 16.8 Å². The number of cyclic esters (lactones) is 1. The van der Waals surface area contributed by atoms with E-state index in [0.29, 0.717) is 5.65 Å². The summed E-state index contributed by atoms with van der Waals surface area (Å²) in [5.41, 5.74) is 0.382. The zero-order valence-corrected chi connectivity index (χ0v) is 21.5. The molecule has 1 atom stereocenters. The van der Waals surface area contributed by atoms with Crippen molar-refractivity contribution in [1.29, 1.82) is 0 Å². The van der Waals surface area contributed by atoms with Crippen LogP contribution in [0, 0.1) is 11.6 Å². The van der Waals surface area contributed by atoms with E-state index in [4.69, 9.17) is 4.74 Å². The topological polar surface area (TPSA) is 141 Å². The minimum absolute atomic E-state index is 0.000464. The average molecular weight is 557 g/mol. The van der Waals surface area contributed by atoms with E-state index in [1.165, 1.54) is 29.1 Å². The van der Waals surface area contributed by atoms with E-state index < -0.39 is 29.7 Å². The van der Waals surface area contributed by atoms with Crippen molar-refractivity contribution in [2.45, 2.75) is 13.0 Å². The fourth-order valence-corrected chi connectivity index (χ4v) is 4.60. The number of benzene rings is 1. The van der Waals surface area contributed by atoms with Crippen molar-refractivity contribution in [3.05, 3.63) is 54.2 Å². The van der Waals surface area contributed by atoms with E-state index >= 15 is 8.78 Å². The second kappa shape index (κ2) is 11.1. The van der Waals surface area contributed by atoms with Gasteiger partial charge in [-0.1, -0.05) is 0 Å². The first-order valence-corrected chi connectivity index (χ1v) is 12.5. The lowest BCUT2D eigenvalue weighted by Crippen LogP contribution is -2.51. The smallest absolute Gasteiger partial charge is 0.414 e. The Labute approximate surface area is 226 Å². The minimum atomic E-state index is -0.859. The van der Waals surface area contributed by atoms with Crippen molar-refractivity contribution >= 4 is 40.8 Å². The Hall–Kier alpha value is -4.82. The van der Waals surface area contributed by atoms with E-state index in [1.807, 2.05) is 0 Å². The molecule has 4 amide bonds. The van der Waals surface area contributed by atoms with Crippen molar-refractivity contribution in [3.8, 4) is 0 Å². The first-order chi connectivity index (χ1) is 19.2. The molecule has 40 heavy (non-hydrogen) atoms. The summed E-state index contributed by atoms with van der Waals surface area (Å²) < 4.78 is 36.9. The monoisotopic (exact) mass is 556 g/mol. The lowest BCUT2D eigenvalue weighted by molar-refractivity contribution is -0.130. The highest BCUT2D eigenvalue weighted by atomic mass is 19.1. The Balaban J connectivity index is 1.15. The Bertz CT molecular complexity index is 1420. The molecule has 2 aliphatic heterocycles. The van der Waals surface area contributed by atoms with Crippen molar-refractivity contribution < 1.29 is 32.7 Å². The first-order valence-electron chi connectivity index (χ1n) is 12.5. The van der Waals surface area contributed by atoms with Gasteiger partial charge >= 0.3 is 6.09 Å². The summed E-state index contributed by atoms with van der Waals surface area (Å²) in [6.07, 6.45) is 4.83. The van der Waals surface area contributed by atoms with Gasteiger partial charge in [-0.25, -0.2) is 18.6 Å². The maximum Gasteiger partial charge on any atom is 0.414 e. The van der Waals surface area contributed by atoms with Crippen molar-refractivity contribution in [2.24, 2.45) is 0 Å². The maximum absolute atomic E-state index is 15.1. The molecule has 0 spiro atoms. The number of hydrogen-bond acceptors (Lipinski definition) is 8. The molecule has 0 radical (unpaired) electrons. The van der Waals surface area contributed by atoms with Crippen molar-refractivity contribution in [3.63, 3.8) is 0 Å². The van der Waals surface area contributed by atoms with Crippen LogP contribution in [0.5, 0.6) is 0 Å². The number of nitrogens with zero attached hydrogens (tertiary/aromatic N) is 6. The van der Waals surface area contributed by atoms with E-state index in [0.717, 1.165) is 17.0 Å². The quantitative estimate of drug-likeness (QED) is 0.430. The number of fused-ring (bicyclic) bond motifs is 1. The molecular formula is C25H26F2N8O5. The van der Waals surface area contributed by atoms with E-state index in [9.17, 15) is 19.2 Å². The number of imidazole rings is 1. The first kappa shape index (κ1) is 26.8. The number of amides is 4. The lowest BCUT2D eigenvalue weighted by Gasteiger charge is -2.36. The molecule has 0 aliphatic carbocycles. The number of ether oxygens (including phenoxy) is 1. The Morgan fingerprint density at radius 3 is 2.50 bits per heavy atom. The van der Waals surface area contributed by atoms with Gasteiger partial charge in [-0.05, 0) is 0 Å². The van der Waals surface area contributed by atoms with Crippen LogP contribution in [-0.4, -0.2) is 95.0 Å². The van der Waals surface area contributed by atoms with Gasteiger partial charge in [-0.2, -0.15) is 0 Å². The Morgan fingerprint density at radius 2 is 1.82 bits per heavy atom. The molecule has 0 unspecified atom stereocenters. The highest BCUT2D eigenvalue weighted by Gasteiger charge is 2.34. The highest BCUT2D eigenvalue weighted by Crippen LogP contribution is 2.31. The van der Waals surface area contributed by atoms with Crippen LogP contribution in [0.15, 0.2) is 36.9 Å². The van der Waals surface area contributed by atoms with Crippen LogP contribution >= 0.6 is 0 Å². The molecule has 1 aromatic carbocycles. The normalized spacial score (nSPS) is 17.2. The third-order valence-corrected chi connectivity index (χ3v) is 6.61. The van der Waals surface area contributed by atoms with Gasteiger partial charge in [0.15, 0.2) is 17.3 Å². The van der Waals surface area contributed by atoms with Crippen LogP contribution in [0.4, 0.5) is 25.0 Å². The number of aromatic nitrogens is 3. The van der Waals surface area contributed by atoms with Gasteiger partial charge in [0.1, 0.15) is 17.5 Å². The second-order valence-corrected chi connectivity index (χ2v) is 9.33. The fraction of sp³-hybridized carbons (Fsp3) is 0.360. The van der Waals surface area contributed by atoms with Gasteiger partial charge in [0.05, 0.1) is 31.5 Å². The molecule has 210 valence electrons. The highest BCUT2D eigenvalue weighted by molar-refractivity contribution is 5.95. The molecule has 13 nitrogen and oxygen atoms in total. The van der Waals surface area contributed by atoms with Gasteiger partial charge in [-0.15, -0.1) is 0 Å². The predicted molar refractivity (Wildman–Crippen MR) is 137 cm³/mol. The molecule has 3 aromatic rings. The molecule has 4 heterocycles. The molecule has 15 heteroatoms. The summed E-state index contributed by atoms with van der Waals surface area (Å²) in [7, 11) is 0. The summed E-state index contributed by atoms with van der Waals surface area (Å²) in [5.74, 6) is -2.85. The molecular weight excluding hydrogens is 530 g/mol. The van der Waals surface area contributed by atoms with Crippen LogP contribution in [0.25, 0.3) is 5.65 Å². The number of anilines is 2. The zero-order chi connectivity index (χ0) is 28.4. The van der Waals surface area contributed by atoms with Gasteiger partial charge in [0.2, 0.25) is 11.8 Å². The van der Waals surface area contributed by atoms with Crippen LogP contribution in [0.2, 0.25) is 0 Å². The zero-order valence-electron chi connectivity index (χ0n) is 21.5. The third kappa shape index (κ3) is 5.62. The molecule has 2 fully saturated rings. The Kier molecular flexibility index (Phi) is 7.44. The average Bonchev–Trinajstić information content (AvgIpc) is 3.53. The number of nitrogens with one attached hydrogen (secondary N) is 2. The third-order valence-electron chi connectivity index (χ3n) is 6.61. The van der Waals surface area contributed by atoms with Gasteiger partial charge in [0.25, 0.3) is 5.91 Å². The summed E-state index contributed by atoms with van der Waals surface area (Å²) in [4.78, 5) is 60.6. The standard InChI is InChI=1S/C25H26F2N8O5/c1-15(36)29-10-17-13-35(25(39)40-17)16-8-18(26)23(19(27)9-16)33-6-4-32(5-7-33)22(37)12-30-24(38)20-14-34-3-2-28-11-21(34)31-20/h2-3,8-9,11,14,17H,4-7,10,12-13H2,1H3,(H,29,36)(H,30,38)/t17-/m0/s1. The van der Waals surface area contributed by atoms with E-state index in [-0.39, 0.29) is 74.7 Å². The maximum atomic E-state index is 15.1. The summed E-state index contributed by atoms with van der Waals surface area (Å²) in [6, 6.07) is 2.12. The van der Waals surface area contributed by atoms with Gasteiger partial charge in [0, 0.05) is 63.8 Å². The largest absolute Gasteiger partial charge is 0.442 e. The lowest BCUT2D eigenvalue weighted by atomic mass is 10.2. The van der Waals surface area contributed by atoms with E-state index in [2.05, 4.69) is 20.6 Å². The van der Waals surface area contributed by atoms with Gasteiger partial charge in [-0.3, -0.25) is 24.3 Å². The number of carbonyl (C=O) groups is 4. The molecule has 0 bridgehead atoms. The number of rotatable bonds is 7. The van der Waals surface area contributed by atoms with Crippen LogP contribution < -0.4 is 20.4 Å². The summed E-state index contributed by atoms with van der Waals surface area (Å²) in [5, 5.41) is 5.09. The summed E-state index contributed by atoms with van der Waals surface area (Å²) >= 11 is 0. The van der Waals surface area contributed by atoms with Gasteiger partial charge < -0.3 is 29.6 Å². The molecule has 2 aromatic heterocycles.